The van der Waals surface area contributed by atoms with E-state index in [0.717, 1.165) is 23.1 Å². The Balaban J connectivity index is 2.25. The molecule has 128 valence electrons. The average Bonchev–Trinajstić information content (AvgIpc) is 3.07. The van der Waals surface area contributed by atoms with Crippen LogP contribution >= 0.6 is 7.60 Å². The van der Waals surface area contributed by atoms with Gasteiger partial charge in [0.05, 0.1) is 11.0 Å². The third-order valence-electron chi connectivity index (χ3n) is 4.08. The van der Waals surface area contributed by atoms with Crippen molar-refractivity contribution in [1.29, 1.82) is 0 Å². The number of hydrogen-bond acceptors (Lipinski definition) is 3. The second-order valence-corrected chi connectivity index (χ2v) is 8.03. The van der Waals surface area contributed by atoms with Gasteiger partial charge in [-0.15, -0.1) is 0 Å². The Morgan fingerprint density at radius 1 is 1.21 bits per heavy atom. The normalized spacial score (nSPS) is 12.5. The lowest BCUT2D eigenvalue weighted by atomic mass is 10.1. The third kappa shape index (κ3) is 2.93. The van der Waals surface area contributed by atoms with Gasteiger partial charge < -0.3 is 18.8 Å². The largest absolute Gasteiger partial charge is 0.445 e. The molecule has 2 N–H and O–H groups in total. The Labute approximate surface area is 140 Å². The van der Waals surface area contributed by atoms with Crippen LogP contribution in [0.2, 0.25) is 0 Å². The molecule has 0 radical (unpaired) electrons. The summed E-state index contributed by atoms with van der Waals surface area (Å²) < 4.78 is 18.9. The van der Waals surface area contributed by atoms with E-state index in [1.807, 2.05) is 12.1 Å². The summed E-state index contributed by atoms with van der Waals surface area (Å²) in [5.74, 6) is 1.34. The molecule has 0 fully saturated rings. The van der Waals surface area contributed by atoms with Crippen molar-refractivity contribution in [2.75, 3.05) is 0 Å². The summed E-state index contributed by atoms with van der Waals surface area (Å²) in [4.78, 5) is 23.2. The number of benzene rings is 1. The number of furan rings is 1. The molecule has 0 spiro atoms. The summed E-state index contributed by atoms with van der Waals surface area (Å²) >= 11 is 0. The van der Waals surface area contributed by atoms with Crippen molar-refractivity contribution in [3.8, 4) is 11.6 Å². The quantitative estimate of drug-likeness (QED) is 0.706. The minimum Gasteiger partial charge on any atom is -0.445 e. The van der Waals surface area contributed by atoms with Gasteiger partial charge in [0.25, 0.3) is 0 Å². The molecule has 0 unspecified atom stereocenters. The summed E-state index contributed by atoms with van der Waals surface area (Å²) in [6.45, 7) is 9.08. The zero-order valence-electron chi connectivity index (χ0n) is 14.1. The maximum absolute atomic E-state index is 11.4. The van der Waals surface area contributed by atoms with Gasteiger partial charge in [-0.2, -0.15) is 0 Å². The van der Waals surface area contributed by atoms with Crippen molar-refractivity contribution in [3.05, 3.63) is 35.4 Å². The molecule has 6 nitrogen and oxygen atoms in total. The number of rotatable bonds is 4. The first kappa shape index (κ1) is 17.0. The molecule has 0 saturated carbocycles. The number of fused-ring (bicyclic) bond motifs is 1. The second kappa shape index (κ2) is 5.88. The molecule has 0 atom stereocenters. The number of aryl methyl sites for hydroxylation is 2. The van der Waals surface area contributed by atoms with Crippen LogP contribution in [-0.2, 0) is 11.1 Å². The van der Waals surface area contributed by atoms with Gasteiger partial charge in [0.2, 0.25) is 5.50 Å². The fourth-order valence-corrected chi connectivity index (χ4v) is 3.32. The maximum atomic E-state index is 11.4. The highest BCUT2D eigenvalue weighted by Gasteiger charge is 2.25. The molecule has 0 aliphatic rings. The Hall–Kier alpha value is -1.88. The van der Waals surface area contributed by atoms with E-state index in [9.17, 15) is 14.4 Å². The molecule has 2 aromatic heterocycles. The predicted octanol–water partition coefficient (Wildman–Crippen LogP) is 3.37. The van der Waals surface area contributed by atoms with Crippen molar-refractivity contribution >= 4 is 24.1 Å². The zero-order chi connectivity index (χ0) is 17.6. The van der Waals surface area contributed by atoms with Crippen LogP contribution in [0, 0.1) is 19.8 Å². The molecule has 3 rings (SSSR count). The van der Waals surface area contributed by atoms with Gasteiger partial charge in [0.15, 0.2) is 11.6 Å². The highest BCUT2D eigenvalue weighted by atomic mass is 31.2. The highest BCUT2D eigenvalue weighted by molar-refractivity contribution is 7.59. The van der Waals surface area contributed by atoms with E-state index >= 15 is 0 Å². The molecule has 1 aromatic carbocycles. The Morgan fingerprint density at radius 3 is 2.50 bits per heavy atom. The SMILES string of the molecule is Cc1ccc2nc(-c3ccc(P(=O)(O)O)o3)n(CC(C)C)c2c1C. The summed E-state index contributed by atoms with van der Waals surface area (Å²) in [5.41, 5.74) is 3.87. The van der Waals surface area contributed by atoms with E-state index in [1.165, 1.54) is 11.6 Å². The van der Waals surface area contributed by atoms with Crippen molar-refractivity contribution in [3.63, 3.8) is 0 Å². The van der Waals surface area contributed by atoms with Gasteiger partial charge in [0, 0.05) is 6.54 Å². The van der Waals surface area contributed by atoms with E-state index in [-0.39, 0.29) is 5.50 Å². The summed E-state index contributed by atoms with van der Waals surface area (Å²) in [6.07, 6.45) is 0. The molecule has 0 bridgehead atoms. The molecule has 24 heavy (non-hydrogen) atoms. The van der Waals surface area contributed by atoms with Crippen molar-refractivity contribution in [1.82, 2.24) is 9.55 Å². The lowest BCUT2D eigenvalue weighted by Crippen LogP contribution is -2.07. The number of nitrogens with zero attached hydrogens (tertiary/aromatic N) is 2. The number of imidazole rings is 1. The van der Waals surface area contributed by atoms with Gasteiger partial charge in [-0.05, 0) is 49.1 Å². The zero-order valence-corrected chi connectivity index (χ0v) is 15.0. The van der Waals surface area contributed by atoms with Crippen LogP contribution in [-0.4, -0.2) is 19.3 Å². The highest BCUT2D eigenvalue weighted by Crippen LogP contribution is 2.36. The number of aromatic nitrogens is 2. The molecule has 3 aromatic rings. The maximum Gasteiger partial charge on any atom is 0.391 e. The van der Waals surface area contributed by atoms with Crippen molar-refractivity contribution < 1.29 is 18.8 Å². The smallest absolute Gasteiger partial charge is 0.391 e. The molecular formula is C17H21N2O4P. The van der Waals surface area contributed by atoms with Crippen molar-refractivity contribution in [2.45, 2.75) is 34.2 Å². The van der Waals surface area contributed by atoms with E-state index in [2.05, 4.69) is 37.2 Å². The first-order chi connectivity index (χ1) is 11.2. The van der Waals surface area contributed by atoms with Crippen LogP contribution in [0.1, 0.15) is 25.0 Å². The van der Waals surface area contributed by atoms with E-state index < -0.39 is 7.60 Å². The fraction of sp³-hybridized carbons (Fsp3) is 0.353. The molecule has 7 heteroatoms. The second-order valence-electron chi connectivity index (χ2n) is 6.50. The Morgan fingerprint density at radius 2 is 1.92 bits per heavy atom. The van der Waals surface area contributed by atoms with Gasteiger partial charge in [0.1, 0.15) is 0 Å². The van der Waals surface area contributed by atoms with Crippen LogP contribution in [0.4, 0.5) is 0 Å². The van der Waals surface area contributed by atoms with Crippen LogP contribution in [0.25, 0.3) is 22.6 Å². The minimum atomic E-state index is -4.42. The van der Waals surface area contributed by atoms with Gasteiger partial charge in [-0.3, -0.25) is 4.57 Å². The van der Waals surface area contributed by atoms with Crippen molar-refractivity contribution in [2.24, 2.45) is 5.92 Å². The molecule has 2 heterocycles. The number of hydrogen-bond donors (Lipinski definition) is 2. The lowest BCUT2D eigenvalue weighted by Gasteiger charge is -2.12. The summed E-state index contributed by atoms with van der Waals surface area (Å²) in [5, 5.41) is 0. The van der Waals surface area contributed by atoms with Gasteiger partial charge in [-0.25, -0.2) is 4.98 Å². The van der Waals surface area contributed by atoms with E-state index in [4.69, 9.17) is 4.42 Å². The first-order valence-electron chi connectivity index (χ1n) is 7.81. The predicted molar refractivity (Wildman–Crippen MR) is 93.4 cm³/mol. The standard InChI is InChI=1S/C17H21N2O4P/c1-10(2)9-19-16-12(4)11(3)5-6-13(16)18-17(19)14-7-8-15(23-14)24(20,21)22/h5-8,10H,9H2,1-4H3,(H2,20,21,22). The van der Waals surface area contributed by atoms with Crippen LogP contribution in [0.5, 0.6) is 0 Å². The molecule has 0 aliphatic carbocycles. The van der Waals surface area contributed by atoms with Crippen LogP contribution < -0.4 is 5.50 Å². The Kier molecular flexibility index (Phi) is 4.16. The Bertz CT molecular complexity index is 949. The fourth-order valence-electron chi connectivity index (χ4n) is 2.83. The molecular weight excluding hydrogens is 327 g/mol. The van der Waals surface area contributed by atoms with Crippen LogP contribution in [0.3, 0.4) is 0 Å². The van der Waals surface area contributed by atoms with Gasteiger partial charge >= 0.3 is 7.60 Å². The molecule has 0 amide bonds. The van der Waals surface area contributed by atoms with Gasteiger partial charge in [-0.1, -0.05) is 19.9 Å². The molecule has 0 aliphatic heterocycles. The van der Waals surface area contributed by atoms with E-state index in [1.54, 1.807) is 6.07 Å². The summed E-state index contributed by atoms with van der Waals surface area (Å²) in [7, 11) is -4.42. The minimum absolute atomic E-state index is 0.339. The topological polar surface area (TPSA) is 88.5 Å². The average molecular weight is 348 g/mol. The lowest BCUT2D eigenvalue weighted by molar-refractivity contribution is 0.377. The monoisotopic (exact) mass is 348 g/mol. The van der Waals surface area contributed by atoms with E-state index in [0.29, 0.717) is 17.5 Å². The van der Waals surface area contributed by atoms with Crippen LogP contribution in [0.15, 0.2) is 28.7 Å². The summed E-state index contributed by atoms with van der Waals surface area (Å²) in [6, 6.07) is 6.87. The first-order valence-corrected chi connectivity index (χ1v) is 9.42. The third-order valence-corrected chi connectivity index (χ3v) is 4.89. The molecule has 0 saturated heterocycles.